The number of hydrogen-bond acceptors (Lipinski definition) is 2. The minimum absolute atomic E-state index is 0.218. The van der Waals surface area contributed by atoms with Gasteiger partial charge in [0.2, 0.25) is 0 Å². The fourth-order valence-corrected chi connectivity index (χ4v) is 1.64. The Morgan fingerprint density at radius 2 is 2.00 bits per heavy atom. The lowest BCUT2D eigenvalue weighted by atomic mass is 10.1. The molecule has 0 saturated heterocycles. The zero-order valence-electron chi connectivity index (χ0n) is 11.4. The molecular weight excluding hydrogens is 216 g/mol. The van der Waals surface area contributed by atoms with Gasteiger partial charge < -0.3 is 9.84 Å². The Morgan fingerprint density at radius 1 is 1.29 bits per heavy atom. The van der Waals surface area contributed by atoms with E-state index in [2.05, 4.69) is 6.92 Å². The first kappa shape index (κ1) is 16.2. The van der Waals surface area contributed by atoms with Crippen LogP contribution >= 0.6 is 0 Å². The molecule has 0 rings (SSSR count). The van der Waals surface area contributed by atoms with E-state index in [1.165, 1.54) is 25.7 Å². The van der Waals surface area contributed by atoms with E-state index in [1.54, 1.807) is 6.08 Å². The maximum absolute atomic E-state index is 10.7. The summed E-state index contributed by atoms with van der Waals surface area (Å²) in [6.07, 6.45) is 8.47. The molecule has 0 bridgehead atoms. The molecule has 100 valence electrons. The maximum atomic E-state index is 10.7. The number of aliphatic carboxylic acids is 1. The van der Waals surface area contributed by atoms with Crippen LogP contribution in [-0.2, 0) is 9.53 Å². The number of unbranched alkanes of at least 4 members (excludes halogenated alkanes) is 3. The van der Waals surface area contributed by atoms with Crippen molar-refractivity contribution in [3.63, 3.8) is 0 Å². The van der Waals surface area contributed by atoms with Crippen molar-refractivity contribution < 1.29 is 14.6 Å². The van der Waals surface area contributed by atoms with E-state index in [0.717, 1.165) is 6.42 Å². The summed E-state index contributed by atoms with van der Waals surface area (Å²) in [5, 5.41) is 8.82. The van der Waals surface area contributed by atoms with Gasteiger partial charge in [0.1, 0.15) is 0 Å². The summed E-state index contributed by atoms with van der Waals surface area (Å²) in [6, 6.07) is 0. The molecule has 0 radical (unpaired) electrons. The highest BCUT2D eigenvalue weighted by atomic mass is 16.5. The minimum atomic E-state index is -0.841. The molecule has 3 nitrogen and oxygen atoms in total. The zero-order chi connectivity index (χ0) is 13.1. The first-order chi connectivity index (χ1) is 8.11. The van der Waals surface area contributed by atoms with Crippen LogP contribution in [0.3, 0.4) is 0 Å². The highest BCUT2D eigenvalue weighted by Gasteiger charge is 2.04. The molecule has 0 aromatic carbocycles. The third-order valence-corrected chi connectivity index (χ3v) is 2.83. The van der Waals surface area contributed by atoms with Crippen LogP contribution < -0.4 is 0 Å². The second kappa shape index (κ2) is 10.3. The van der Waals surface area contributed by atoms with Crippen molar-refractivity contribution in [3.8, 4) is 0 Å². The summed E-state index contributed by atoms with van der Waals surface area (Å²) in [4.78, 5) is 10.7. The van der Waals surface area contributed by atoms with Crippen LogP contribution in [0, 0.1) is 0 Å². The van der Waals surface area contributed by atoms with Gasteiger partial charge in [-0.05, 0) is 25.8 Å². The smallest absolute Gasteiger partial charge is 0.331 e. The normalized spacial score (nSPS) is 13.7. The van der Waals surface area contributed by atoms with E-state index >= 15 is 0 Å². The van der Waals surface area contributed by atoms with E-state index < -0.39 is 5.97 Å². The van der Waals surface area contributed by atoms with Gasteiger partial charge in [-0.1, -0.05) is 39.5 Å². The number of hydrogen-bond donors (Lipinski definition) is 1. The first-order valence-corrected chi connectivity index (χ1v) is 6.65. The summed E-state index contributed by atoms with van der Waals surface area (Å²) >= 11 is 0. The highest BCUT2D eigenvalue weighted by molar-refractivity contribution is 5.86. The number of carboxylic acids is 1. The SMILES string of the molecule is CCCCCCC(C)OCC=C(CC)C(=O)O. The van der Waals surface area contributed by atoms with Crippen LogP contribution in [-0.4, -0.2) is 23.8 Å². The predicted octanol–water partition coefficient (Wildman–Crippen LogP) is 3.78. The van der Waals surface area contributed by atoms with Crippen LogP contribution in [0.5, 0.6) is 0 Å². The summed E-state index contributed by atoms with van der Waals surface area (Å²) < 4.78 is 5.56. The van der Waals surface area contributed by atoms with Crippen molar-refractivity contribution in [2.24, 2.45) is 0 Å². The lowest BCUT2D eigenvalue weighted by Gasteiger charge is -2.11. The average molecular weight is 242 g/mol. The Labute approximate surface area is 105 Å². The van der Waals surface area contributed by atoms with Gasteiger partial charge in [-0.2, -0.15) is 0 Å². The molecule has 0 aliphatic heterocycles. The fourth-order valence-electron chi connectivity index (χ4n) is 1.64. The van der Waals surface area contributed by atoms with Gasteiger partial charge in [0, 0.05) is 5.57 Å². The number of carbonyl (C=O) groups is 1. The first-order valence-electron chi connectivity index (χ1n) is 6.65. The molecule has 0 fully saturated rings. The summed E-state index contributed by atoms with van der Waals surface area (Å²) in [7, 11) is 0. The molecule has 0 aromatic rings. The fraction of sp³-hybridized carbons (Fsp3) is 0.786. The van der Waals surface area contributed by atoms with Gasteiger partial charge in [0.25, 0.3) is 0 Å². The molecule has 0 aromatic heterocycles. The van der Waals surface area contributed by atoms with Gasteiger partial charge in [-0.25, -0.2) is 4.79 Å². The standard InChI is InChI=1S/C14H26O3/c1-4-6-7-8-9-12(3)17-11-10-13(5-2)14(15)16/h10,12H,4-9,11H2,1-3H3,(H,15,16). The van der Waals surface area contributed by atoms with Crippen molar-refractivity contribution >= 4 is 5.97 Å². The topological polar surface area (TPSA) is 46.5 Å². The second-order valence-electron chi connectivity index (χ2n) is 4.38. The van der Waals surface area contributed by atoms with E-state index in [0.29, 0.717) is 18.6 Å². The van der Waals surface area contributed by atoms with Crippen LogP contribution in [0.1, 0.15) is 59.3 Å². The number of carboxylic acid groups (broad SMARTS) is 1. The molecule has 0 amide bonds. The molecule has 1 N–H and O–H groups in total. The van der Waals surface area contributed by atoms with Crippen molar-refractivity contribution in [1.82, 2.24) is 0 Å². The Morgan fingerprint density at radius 3 is 2.53 bits per heavy atom. The van der Waals surface area contributed by atoms with Crippen LogP contribution in [0.4, 0.5) is 0 Å². The highest BCUT2D eigenvalue weighted by Crippen LogP contribution is 2.08. The molecule has 0 saturated carbocycles. The predicted molar refractivity (Wildman–Crippen MR) is 70.2 cm³/mol. The summed E-state index contributed by atoms with van der Waals surface area (Å²) in [5.74, 6) is -0.841. The lowest BCUT2D eigenvalue weighted by molar-refractivity contribution is -0.132. The third-order valence-electron chi connectivity index (χ3n) is 2.83. The minimum Gasteiger partial charge on any atom is -0.478 e. The number of rotatable bonds is 10. The maximum Gasteiger partial charge on any atom is 0.331 e. The molecule has 0 spiro atoms. The van der Waals surface area contributed by atoms with E-state index in [4.69, 9.17) is 9.84 Å². The number of ether oxygens (including phenoxy) is 1. The molecular formula is C14H26O3. The molecule has 0 heterocycles. The second-order valence-corrected chi connectivity index (χ2v) is 4.38. The van der Waals surface area contributed by atoms with Gasteiger partial charge >= 0.3 is 5.97 Å². The van der Waals surface area contributed by atoms with Crippen LogP contribution in [0.25, 0.3) is 0 Å². The van der Waals surface area contributed by atoms with Crippen molar-refractivity contribution in [3.05, 3.63) is 11.6 Å². The van der Waals surface area contributed by atoms with Gasteiger partial charge in [0.05, 0.1) is 12.7 Å². The van der Waals surface area contributed by atoms with Crippen LogP contribution in [0.2, 0.25) is 0 Å². The molecule has 0 aliphatic rings. The van der Waals surface area contributed by atoms with Gasteiger partial charge in [0.15, 0.2) is 0 Å². The quantitative estimate of drug-likeness (QED) is 0.468. The Hall–Kier alpha value is -0.830. The van der Waals surface area contributed by atoms with Crippen molar-refractivity contribution in [2.45, 2.75) is 65.4 Å². The van der Waals surface area contributed by atoms with E-state index in [1.807, 2.05) is 13.8 Å². The summed E-state index contributed by atoms with van der Waals surface area (Å²) in [6.45, 7) is 6.49. The van der Waals surface area contributed by atoms with Crippen LogP contribution in [0.15, 0.2) is 11.6 Å². The third kappa shape index (κ3) is 8.93. The molecule has 1 unspecified atom stereocenters. The van der Waals surface area contributed by atoms with E-state index in [-0.39, 0.29) is 6.10 Å². The van der Waals surface area contributed by atoms with Gasteiger partial charge in [-0.3, -0.25) is 0 Å². The zero-order valence-corrected chi connectivity index (χ0v) is 11.4. The largest absolute Gasteiger partial charge is 0.478 e. The Kier molecular flexibility index (Phi) is 9.83. The molecule has 17 heavy (non-hydrogen) atoms. The van der Waals surface area contributed by atoms with Gasteiger partial charge in [-0.15, -0.1) is 0 Å². The Balaban J connectivity index is 3.68. The summed E-state index contributed by atoms with van der Waals surface area (Å²) in [5.41, 5.74) is 0.434. The molecule has 3 heteroatoms. The van der Waals surface area contributed by atoms with E-state index in [9.17, 15) is 4.79 Å². The monoisotopic (exact) mass is 242 g/mol. The molecule has 1 atom stereocenters. The van der Waals surface area contributed by atoms with Crippen molar-refractivity contribution in [1.29, 1.82) is 0 Å². The molecule has 0 aliphatic carbocycles. The Bertz CT molecular complexity index is 234. The lowest BCUT2D eigenvalue weighted by Crippen LogP contribution is -2.09. The average Bonchev–Trinajstić information content (AvgIpc) is 2.30. The van der Waals surface area contributed by atoms with Crippen molar-refractivity contribution in [2.75, 3.05) is 6.61 Å².